The molecular formula is C17H28N2O. The van der Waals surface area contributed by atoms with Crippen molar-refractivity contribution in [2.24, 2.45) is 0 Å². The average Bonchev–Trinajstić information content (AvgIpc) is 3.01. The fourth-order valence-electron chi connectivity index (χ4n) is 2.53. The molecule has 0 atom stereocenters. The Hall–Kier alpha value is -1.06. The Kier molecular flexibility index (Phi) is 6.89. The van der Waals surface area contributed by atoms with Crippen LogP contribution in [0.2, 0.25) is 0 Å². The molecule has 1 aromatic rings. The van der Waals surface area contributed by atoms with Gasteiger partial charge in [-0.1, -0.05) is 25.5 Å². The predicted molar refractivity (Wildman–Crippen MR) is 85.3 cm³/mol. The second-order valence-corrected chi connectivity index (χ2v) is 5.50. The summed E-state index contributed by atoms with van der Waals surface area (Å²) >= 11 is 0. The molecule has 0 aliphatic carbocycles. The van der Waals surface area contributed by atoms with E-state index < -0.39 is 0 Å². The van der Waals surface area contributed by atoms with E-state index in [4.69, 9.17) is 4.74 Å². The summed E-state index contributed by atoms with van der Waals surface area (Å²) in [5.74, 6) is 0. The minimum Gasteiger partial charge on any atom is -0.380 e. The van der Waals surface area contributed by atoms with E-state index in [2.05, 4.69) is 41.4 Å². The Labute approximate surface area is 123 Å². The van der Waals surface area contributed by atoms with Crippen molar-refractivity contribution in [2.45, 2.75) is 39.2 Å². The topological polar surface area (TPSA) is 24.5 Å². The van der Waals surface area contributed by atoms with Gasteiger partial charge in [0.25, 0.3) is 0 Å². The van der Waals surface area contributed by atoms with E-state index in [9.17, 15) is 0 Å². The van der Waals surface area contributed by atoms with Crippen LogP contribution in [0.1, 0.15) is 38.2 Å². The SMILES string of the molecule is CCCCOCCNCc1ccc(N2CCCC2)cc1. The quantitative estimate of drug-likeness (QED) is 0.701. The van der Waals surface area contributed by atoms with Crippen LogP contribution in [-0.4, -0.2) is 32.8 Å². The molecule has 1 N–H and O–H groups in total. The zero-order chi connectivity index (χ0) is 14.0. The molecule has 1 aromatic carbocycles. The first-order chi connectivity index (χ1) is 9.90. The number of rotatable bonds is 9. The molecule has 0 radical (unpaired) electrons. The number of ether oxygens (including phenoxy) is 1. The van der Waals surface area contributed by atoms with E-state index in [-0.39, 0.29) is 0 Å². The number of nitrogens with one attached hydrogen (secondary N) is 1. The van der Waals surface area contributed by atoms with Crippen molar-refractivity contribution in [1.82, 2.24) is 5.32 Å². The Balaban J connectivity index is 1.61. The van der Waals surface area contributed by atoms with Crippen LogP contribution in [0.3, 0.4) is 0 Å². The smallest absolute Gasteiger partial charge is 0.0591 e. The zero-order valence-corrected chi connectivity index (χ0v) is 12.7. The highest BCUT2D eigenvalue weighted by atomic mass is 16.5. The van der Waals surface area contributed by atoms with E-state index in [1.807, 2.05) is 0 Å². The third kappa shape index (κ3) is 5.14. The van der Waals surface area contributed by atoms with Gasteiger partial charge in [0.05, 0.1) is 6.61 Å². The lowest BCUT2D eigenvalue weighted by Gasteiger charge is -2.17. The molecule has 0 spiro atoms. The lowest BCUT2D eigenvalue weighted by atomic mass is 10.2. The number of hydrogen-bond acceptors (Lipinski definition) is 3. The maximum atomic E-state index is 5.53. The molecule has 0 bridgehead atoms. The van der Waals surface area contributed by atoms with Crippen molar-refractivity contribution in [1.29, 1.82) is 0 Å². The van der Waals surface area contributed by atoms with Crippen LogP contribution in [0.4, 0.5) is 5.69 Å². The van der Waals surface area contributed by atoms with E-state index in [1.165, 1.54) is 43.6 Å². The lowest BCUT2D eigenvalue weighted by Crippen LogP contribution is -2.20. The Morgan fingerprint density at radius 3 is 2.55 bits per heavy atom. The second-order valence-electron chi connectivity index (χ2n) is 5.50. The second kappa shape index (κ2) is 8.98. The van der Waals surface area contributed by atoms with Gasteiger partial charge in [-0.3, -0.25) is 0 Å². The first kappa shape index (κ1) is 15.3. The number of nitrogens with zero attached hydrogens (tertiary/aromatic N) is 1. The summed E-state index contributed by atoms with van der Waals surface area (Å²) in [7, 11) is 0. The molecular weight excluding hydrogens is 248 g/mol. The average molecular weight is 276 g/mol. The minimum absolute atomic E-state index is 0.811. The third-order valence-corrected chi connectivity index (χ3v) is 3.80. The summed E-state index contributed by atoms with van der Waals surface area (Å²) in [6.07, 6.45) is 5.04. The standard InChI is InChI=1S/C17H28N2O/c1-2-3-13-20-14-10-18-15-16-6-8-17(9-7-16)19-11-4-5-12-19/h6-9,18H,2-5,10-15H2,1H3. The number of anilines is 1. The highest BCUT2D eigenvalue weighted by Gasteiger charge is 2.11. The maximum absolute atomic E-state index is 5.53. The van der Waals surface area contributed by atoms with E-state index in [0.29, 0.717) is 0 Å². The normalized spacial score (nSPS) is 14.9. The van der Waals surface area contributed by atoms with E-state index in [1.54, 1.807) is 0 Å². The number of benzene rings is 1. The summed E-state index contributed by atoms with van der Waals surface area (Å²) in [6, 6.07) is 8.97. The summed E-state index contributed by atoms with van der Waals surface area (Å²) in [5.41, 5.74) is 2.72. The van der Waals surface area contributed by atoms with Crippen molar-refractivity contribution in [2.75, 3.05) is 37.7 Å². The fraction of sp³-hybridized carbons (Fsp3) is 0.647. The van der Waals surface area contributed by atoms with Gasteiger partial charge in [0, 0.05) is 38.5 Å². The largest absolute Gasteiger partial charge is 0.380 e. The van der Waals surface area contributed by atoms with Crippen molar-refractivity contribution in [3.8, 4) is 0 Å². The molecule has 0 amide bonds. The molecule has 1 aliphatic rings. The molecule has 1 heterocycles. The summed E-state index contributed by atoms with van der Waals surface area (Å²) in [4.78, 5) is 2.47. The molecule has 0 saturated carbocycles. The van der Waals surface area contributed by atoms with Crippen LogP contribution in [0.25, 0.3) is 0 Å². The molecule has 0 aromatic heterocycles. The van der Waals surface area contributed by atoms with E-state index >= 15 is 0 Å². The molecule has 3 nitrogen and oxygen atoms in total. The molecule has 1 fully saturated rings. The van der Waals surface area contributed by atoms with E-state index in [0.717, 1.165) is 32.7 Å². The molecule has 0 unspecified atom stereocenters. The first-order valence-corrected chi connectivity index (χ1v) is 8.02. The highest BCUT2D eigenvalue weighted by molar-refractivity contribution is 5.48. The minimum atomic E-state index is 0.811. The Bertz CT molecular complexity index is 358. The van der Waals surface area contributed by atoms with Gasteiger partial charge in [-0.05, 0) is 37.0 Å². The Morgan fingerprint density at radius 2 is 1.85 bits per heavy atom. The lowest BCUT2D eigenvalue weighted by molar-refractivity contribution is 0.133. The summed E-state index contributed by atoms with van der Waals surface area (Å²) in [5, 5.41) is 3.43. The van der Waals surface area contributed by atoms with Gasteiger partial charge in [0.1, 0.15) is 0 Å². The zero-order valence-electron chi connectivity index (χ0n) is 12.7. The maximum Gasteiger partial charge on any atom is 0.0591 e. The van der Waals surface area contributed by atoms with Gasteiger partial charge >= 0.3 is 0 Å². The molecule has 3 heteroatoms. The van der Waals surface area contributed by atoms with Gasteiger partial charge in [0.2, 0.25) is 0 Å². The fourth-order valence-corrected chi connectivity index (χ4v) is 2.53. The van der Waals surface area contributed by atoms with Crippen LogP contribution in [0.5, 0.6) is 0 Å². The predicted octanol–water partition coefficient (Wildman–Crippen LogP) is 3.19. The van der Waals surface area contributed by atoms with Crippen LogP contribution < -0.4 is 10.2 Å². The summed E-state index contributed by atoms with van der Waals surface area (Å²) < 4.78 is 5.53. The number of hydrogen-bond donors (Lipinski definition) is 1. The third-order valence-electron chi connectivity index (χ3n) is 3.80. The van der Waals surface area contributed by atoms with Crippen molar-refractivity contribution in [3.05, 3.63) is 29.8 Å². The summed E-state index contributed by atoms with van der Waals surface area (Å²) in [6.45, 7) is 8.18. The number of unbranched alkanes of at least 4 members (excludes halogenated alkanes) is 1. The van der Waals surface area contributed by atoms with Crippen LogP contribution in [-0.2, 0) is 11.3 Å². The van der Waals surface area contributed by atoms with Gasteiger partial charge in [0.15, 0.2) is 0 Å². The van der Waals surface area contributed by atoms with Crippen LogP contribution in [0.15, 0.2) is 24.3 Å². The molecule has 1 saturated heterocycles. The van der Waals surface area contributed by atoms with Crippen molar-refractivity contribution < 1.29 is 4.74 Å². The molecule has 112 valence electrons. The van der Waals surface area contributed by atoms with Gasteiger partial charge in [-0.2, -0.15) is 0 Å². The van der Waals surface area contributed by atoms with Crippen LogP contribution >= 0.6 is 0 Å². The molecule has 2 rings (SSSR count). The van der Waals surface area contributed by atoms with Crippen LogP contribution in [0, 0.1) is 0 Å². The molecule has 1 aliphatic heterocycles. The van der Waals surface area contributed by atoms with Gasteiger partial charge < -0.3 is 15.0 Å². The monoisotopic (exact) mass is 276 g/mol. The van der Waals surface area contributed by atoms with Crippen molar-refractivity contribution >= 4 is 5.69 Å². The van der Waals surface area contributed by atoms with Gasteiger partial charge in [-0.25, -0.2) is 0 Å². The molecule has 20 heavy (non-hydrogen) atoms. The van der Waals surface area contributed by atoms with Crippen molar-refractivity contribution in [3.63, 3.8) is 0 Å². The van der Waals surface area contributed by atoms with Gasteiger partial charge in [-0.15, -0.1) is 0 Å². The Morgan fingerprint density at radius 1 is 1.10 bits per heavy atom. The highest BCUT2D eigenvalue weighted by Crippen LogP contribution is 2.20. The first-order valence-electron chi connectivity index (χ1n) is 8.02.